The Morgan fingerprint density at radius 2 is 2.19 bits per heavy atom. The molecule has 0 atom stereocenters. The van der Waals surface area contributed by atoms with Crippen LogP contribution in [0.3, 0.4) is 0 Å². The summed E-state index contributed by atoms with van der Waals surface area (Å²) in [6.07, 6.45) is 0. The van der Waals surface area contributed by atoms with Gasteiger partial charge in [0.1, 0.15) is 5.69 Å². The summed E-state index contributed by atoms with van der Waals surface area (Å²) in [5.74, 6) is 0.378. The first-order chi connectivity index (χ1) is 7.86. The second-order valence-electron chi connectivity index (χ2n) is 3.26. The summed E-state index contributed by atoms with van der Waals surface area (Å²) >= 11 is 3.26. The number of hydrogen-bond acceptors (Lipinski definition) is 5. The van der Waals surface area contributed by atoms with Gasteiger partial charge in [-0.2, -0.15) is 11.3 Å². The van der Waals surface area contributed by atoms with Gasteiger partial charge in [-0.05, 0) is 22.9 Å². The molecule has 0 aliphatic heterocycles. The van der Waals surface area contributed by atoms with Crippen LogP contribution in [-0.2, 0) is 0 Å². The summed E-state index contributed by atoms with van der Waals surface area (Å²) in [7, 11) is 0. The minimum Gasteiger partial charge on any atom is -0.367 e. The first kappa shape index (κ1) is 9.62. The maximum Gasteiger partial charge on any atom is 0.231 e. The van der Waals surface area contributed by atoms with Crippen LogP contribution in [0.2, 0.25) is 0 Å². The third kappa shape index (κ3) is 1.45. The highest BCUT2D eigenvalue weighted by Gasteiger charge is 2.18. The van der Waals surface area contributed by atoms with E-state index in [4.69, 9.17) is 10.3 Å². The van der Waals surface area contributed by atoms with E-state index in [1.165, 1.54) is 0 Å². The molecule has 0 spiro atoms. The lowest BCUT2D eigenvalue weighted by atomic mass is 10.1. The fourth-order valence-electron chi connectivity index (χ4n) is 1.56. The fraction of sp³-hybridized carbons (Fsp3) is 0. The molecule has 80 valence electrons. The molecule has 16 heavy (non-hydrogen) atoms. The van der Waals surface area contributed by atoms with Crippen LogP contribution in [-0.4, -0.2) is 5.16 Å². The van der Waals surface area contributed by atoms with Gasteiger partial charge >= 0.3 is 0 Å². The Morgan fingerprint density at radius 1 is 1.25 bits per heavy atom. The zero-order chi connectivity index (χ0) is 11.0. The Kier molecular flexibility index (Phi) is 2.27. The molecule has 0 saturated carbocycles. The maximum atomic E-state index is 5.82. The number of thiophene rings is 2. The summed E-state index contributed by atoms with van der Waals surface area (Å²) in [4.78, 5) is 1.08. The van der Waals surface area contributed by atoms with E-state index >= 15 is 0 Å². The molecule has 0 unspecified atom stereocenters. The van der Waals surface area contributed by atoms with Crippen molar-refractivity contribution in [2.75, 3.05) is 5.73 Å². The molecule has 3 heterocycles. The van der Waals surface area contributed by atoms with Gasteiger partial charge in [-0.1, -0.05) is 11.2 Å². The Morgan fingerprint density at radius 3 is 2.88 bits per heavy atom. The highest BCUT2D eigenvalue weighted by Crippen LogP contribution is 2.38. The van der Waals surface area contributed by atoms with Crippen molar-refractivity contribution in [3.05, 3.63) is 34.3 Å². The lowest BCUT2D eigenvalue weighted by Gasteiger charge is -1.96. The molecular formula is C11H8N2OS2. The van der Waals surface area contributed by atoms with Crippen molar-refractivity contribution in [3.63, 3.8) is 0 Å². The van der Waals surface area contributed by atoms with Crippen LogP contribution in [0.5, 0.6) is 0 Å². The predicted molar refractivity (Wildman–Crippen MR) is 67.5 cm³/mol. The second kappa shape index (κ2) is 3.77. The fourth-order valence-corrected chi connectivity index (χ4v) is 2.97. The van der Waals surface area contributed by atoms with E-state index in [-0.39, 0.29) is 0 Å². The molecule has 5 heteroatoms. The number of nitrogens with zero attached hydrogens (tertiary/aromatic N) is 1. The van der Waals surface area contributed by atoms with E-state index in [2.05, 4.69) is 5.16 Å². The van der Waals surface area contributed by atoms with Crippen molar-refractivity contribution in [3.8, 4) is 21.7 Å². The van der Waals surface area contributed by atoms with Crippen molar-refractivity contribution in [1.82, 2.24) is 5.16 Å². The van der Waals surface area contributed by atoms with E-state index in [9.17, 15) is 0 Å². The number of anilines is 1. The normalized spacial score (nSPS) is 10.8. The van der Waals surface area contributed by atoms with Gasteiger partial charge in [0.15, 0.2) is 0 Å². The van der Waals surface area contributed by atoms with Crippen molar-refractivity contribution in [2.24, 2.45) is 0 Å². The lowest BCUT2D eigenvalue weighted by Crippen LogP contribution is -1.84. The van der Waals surface area contributed by atoms with E-state index in [1.54, 1.807) is 22.7 Å². The summed E-state index contributed by atoms with van der Waals surface area (Å²) in [6.45, 7) is 0. The highest BCUT2D eigenvalue weighted by molar-refractivity contribution is 7.13. The number of aromatic nitrogens is 1. The van der Waals surface area contributed by atoms with Gasteiger partial charge < -0.3 is 10.3 Å². The number of nitrogens with two attached hydrogens (primary N) is 1. The zero-order valence-corrected chi connectivity index (χ0v) is 9.85. The summed E-state index contributed by atoms with van der Waals surface area (Å²) < 4.78 is 5.08. The first-order valence-electron chi connectivity index (χ1n) is 4.68. The maximum absolute atomic E-state index is 5.82. The predicted octanol–water partition coefficient (Wildman–Crippen LogP) is 3.71. The van der Waals surface area contributed by atoms with Crippen molar-refractivity contribution in [2.45, 2.75) is 0 Å². The summed E-state index contributed by atoms with van der Waals surface area (Å²) in [5.41, 5.74) is 8.59. The van der Waals surface area contributed by atoms with Crippen LogP contribution < -0.4 is 5.73 Å². The van der Waals surface area contributed by atoms with Crippen molar-refractivity contribution >= 4 is 28.6 Å². The van der Waals surface area contributed by atoms with E-state index in [1.807, 2.05) is 34.3 Å². The Balaban J connectivity index is 2.21. The summed E-state index contributed by atoms with van der Waals surface area (Å²) in [5, 5.41) is 10.1. The van der Waals surface area contributed by atoms with Gasteiger partial charge in [-0.15, -0.1) is 11.3 Å². The van der Waals surface area contributed by atoms with Crippen molar-refractivity contribution in [1.29, 1.82) is 0 Å². The van der Waals surface area contributed by atoms with Gasteiger partial charge in [-0.3, -0.25) is 0 Å². The van der Waals surface area contributed by atoms with Crippen LogP contribution in [0.4, 0.5) is 5.88 Å². The van der Waals surface area contributed by atoms with Crippen LogP contribution >= 0.6 is 22.7 Å². The lowest BCUT2D eigenvalue weighted by molar-refractivity contribution is 0.439. The monoisotopic (exact) mass is 248 g/mol. The highest BCUT2D eigenvalue weighted by atomic mass is 32.1. The molecule has 3 aromatic heterocycles. The smallest absolute Gasteiger partial charge is 0.231 e. The zero-order valence-electron chi connectivity index (χ0n) is 8.21. The average Bonchev–Trinajstić information content (AvgIpc) is 2.96. The second-order valence-corrected chi connectivity index (χ2v) is 4.99. The molecular weight excluding hydrogens is 240 g/mol. The Hall–Kier alpha value is -1.59. The van der Waals surface area contributed by atoms with Crippen LogP contribution in [0.25, 0.3) is 21.7 Å². The van der Waals surface area contributed by atoms with Gasteiger partial charge in [0.2, 0.25) is 5.88 Å². The summed E-state index contributed by atoms with van der Waals surface area (Å²) in [6, 6.07) is 6.02. The molecule has 3 nitrogen and oxygen atoms in total. The number of rotatable bonds is 2. The molecule has 0 fully saturated rings. The van der Waals surface area contributed by atoms with Gasteiger partial charge in [-0.25, -0.2) is 0 Å². The quantitative estimate of drug-likeness (QED) is 0.752. The average molecular weight is 248 g/mol. The number of nitrogen functional groups attached to an aromatic ring is 1. The molecule has 0 aliphatic rings. The van der Waals surface area contributed by atoms with Crippen molar-refractivity contribution < 1.29 is 4.52 Å². The van der Waals surface area contributed by atoms with Crippen LogP contribution in [0.15, 0.2) is 38.9 Å². The number of hydrogen-bond donors (Lipinski definition) is 1. The molecule has 3 rings (SSSR count). The molecule has 2 N–H and O–H groups in total. The minimum absolute atomic E-state index is 0.378. The van der Waals surface area contributed by atoms with Crippen LogP contribution in [0, 0.1) is 0 Å². The standard InChI is InChI=1S/C11H8N2OS2/c12-11-9(8-2-1-4-16-8)10(13-14-11)7-3-5-15-6-7/h1-6H,12H2. The molecule has 0 radical (unpaired) electrons. The molecule has 0 bridgehead atoms. The Bertz CT molecular complexity index is 582. The van der Waals surface area contributed by atoms with Crippen LogP contribution in [0.1, 0.15) is 0 Å². The molecule has 0 amide bonds. The SMILES string of the molecule is Nc1onc(-c2ccsc2)c1-c1cccs1. The van der Waals surface area contributed by atoms with Gasteiger partial charge in [0.25, 0.3) is 0 Å². The van der Waals surface area contributed by atoms with Gasteiger partial charge in [0, 0.05) is 15.8 Å². The topological polar surface area (TPSA) is 52.0 Å². The third-order valence-electron chi connectivity index (χ3n) is 2.28. The molecule has 0 aromatic carbocycles. The minimum atomic E-state index is 0.378. The molecule has 0 aliphatic carbocycles. The molecule has 3 aromatic rings. The third-order valence-corrected chi connectivity index (χ3v) is 3.85. The largest absolute Gasteiger partial charge is 0.367 e. The van der Waals surface area contributed by atoms with E-state index in [0.29, 0.717) is 5.88 Å². The Labute approximate surface area is 100 Å². The first-order valence-corrected chi connectivity index (χ1v) is 6.50. The van der Waals surface area contributed by atoms with E-state index in [0.717, 1.165) is 21.7 Å². The van der Waals surface area contributed by atoms with Gasteiger partial charge in [0.05, 0.1) is 5.56 Å². The van der Waals surface area contributed by atoms with E-state index < -0.39 is 0 Å². The molecule has 0 saturated heterocycles.